The van der Waals surface area contributed by atoms with Crippen LogP contribution in [0, 0.1) is 11.6 Å². The predicted molar refractivity (Wildman–Crippen MR) is 120 cm³/mol. The van der Waals surface area contributed by atoms with E-state index in [0.717, 1.165) is 6.07 Å². The Hall–Kier alpha value is -3.22. The Bertz CT molecular complexity index is 1070. The van der Waals surface area contributed by atoms with Crippen LogP contribution in [0.1, 0.15) is 5.56 Å². The largest absolute Gasteiger partial charge is 0.488 e. The molecule has 12 heteroatoms. The number of hydrogen-bond acceptors (Lipinski definition) is 7. The Labute approximate surface area is 195 Å². The first-order valence-electron chi connectivity index (χ1n) is 10.8. The van der Waals surface area contributed by atoms with Crippen molar-refractivity contribution in [1.82, 2.24) is 5.32 Å². The average molecular weight is 475 g/mol. The molecule has 0 spiro atoms. The Kier molecular flexibility index (Phi) is 7.30. The van der Waals surface area contributed by atoms with Gasteiger partial charge in [-0.25, -0.2) is 13.6 Å². The molecular formula is C22H24BF2N3O6. The third-order valence-corrected chi connectivity index (χ3v) is 5.72. The SMILES string of the molecule is O=C(Cc1ccc(B(O)O)cc1F)NC[C@H]1CN(c2ccc(N3CCOCC3)c(F)c2)C(=O)O1. The van der Waals surface area contributed by atoms with Crippen LogP contribution in [0.2, 0.25) is 0 Å². The minimum absolute atomic E-state index is 0.00444. The number of amides is 2. The van der Waals surface area contributed by atoms with Crippen LogP contribution in [0.25, 0.3) is 0 Å². The zero-order valence-corrected chi connectivity index (χ0v) is 18.2. The zero-order chi connectivity index (χ0) is 24.2. The predicted octanol–water partition coefficient (Wildman–Crippen LogP) is 0.165. The lowest BCUT2D eigenvalue weighted by molar-refractivity contribution is -0.120. The van der Waals surface area contributed by atoms with E-state index in [0.29, 0.717) is 37.7 Å². The number of halogens is 2. The fourth-order valence-electron chi connectivity index (χ4n) is 3.89. The van der Waals surface area contributed by atoms with Gasteiger partial charge in [-0.1, -0.05) is 12.1 Å². The number of nitrogens with zero attached hydrogens (tertiary/aromatic N) is 2. The number of hydrogen-bond donors (Lipinski definition) is 3. The number of carbonyl (C=O) groups is 2. The van der Waals surface area contributed by atoms with Crippen LogP contribution in [0.3, 0.4) is 0 Å². The minimum Gasteiger partial charge on any atom is -0.442 e. The van der Waals surface area contributed by atoms with Crippen molar-refractivity contribution >= 4 is 36.0 Å². The lowest BCUT2D eigenvalue weighted by Gasteiger charge is -2.29. The molecule has 2 aliphatic heterocycles. The average Bonchev–Trinajstić information content (AvgIpc) is 3.20. The van der Waals surface area contributed by atoms with Crippen LogP contribution in [0.5, 0.6) is 0 Å². The number of cyclic esters (lactones) is 1. The molecule has 9 nitrogen and oxygen atoms in total. The third-order valence-electron chi connectivity index (χ3n) is 5.72. The van der Waals surface area contributed by atoms with Crippen LogP contribution in [0.4, 0.5) is 25.0 Å². The summed E-state index contributed by atoms with van der Waals surface area (Å²) in [5.41, 5.74) is 0.857. The maximum Gasteiger partial charge on any atom is 0.488 e. The van der Waals surface area contributed by atoms with Gasteiger partial charge in [-0.3, -0.25) is 9.69 Å². The van der Waals surface area contributed by atoms with Crippen molar-refractivity contribution in [3.8, 4) is 0 Å². The lowest BCUT2D eigenvalue weighted by atomic mass is 9.80. The van der Waals surface area contributed by atoms with E-state index in [1.54, 1.807) is 12.1 Å². The van der Waals surface area contributed by atoms with Gasteiger partial charge in [0, 0.05) is 13.1 Å². The second kappa shape index (κ2) is 10.4. The quantitative estimate of drug-likeness (QED) is 0.490. The summed E-state index contributed by atoms with van der Waals surface area (Å²) in [4.78, 5) is 27.7. The van der Waals surface area contributed by atoms with Crippen molar-refractivity contribution in [1.29, 1.82) is 0 Å². The van der Waals surface area contributed by atoms with Gasteiger partial charge in [0.1, 0.15) is 17.7 Å². The fourth-order valence-corrected chi connectivity index (χ4v) is 3.89. The lowest BCUT2D eigenvalue weighted by Crippen LogP contribution is -2.37. The monoisotopic (exact) mass is 475 g/mol. The van der Waals surface area contributed by atoms with E-state index in [-0.39, 0.29) is 30.5 Å². The molecule has 4 rings (SSSR count). The fraction of sp³-hybridized carbons (Fsp3) is 0.364. The molecule has 34 heavy (non-hydrogen) atoms. The molecule has 0 unspecified atom stereocenters. The maximum atomic E-state index is 14.7. The molecule has 0 saturated carbocycles. The number of morpholine rings is 1. The molecule has 2 aromatic rings. The van der Waals surface area contributed by atoms with Gasteiger partial charge in [-0.05, 0) is 35.3 Å². The Morgan fingerprint density at radius 3 is 2.56 bits per heavy atom. The Balaban J connectivity index is 1.31. The summed E-state index contributed by atoms with van der Waals surface area (Å²) in [6.45, 7) is 2.34. The number of rotatable bonds is 7. The molecule has 0 bridgehead atoms. The molecule has 2 saturated heterocycles. The van der Waals surface area contributed by atoms with Gasteiger partial charge >= 0.3 is 13.2 Å². The number of anilines is 2. The van der Waals surface area contributed by atoms with E-state index in [9.17, 15) is 18.4 Å². The number of nitrogens with one attached hydrogen (secondary N) is 1. The van der Waals surface area contributed by atoms with Gasteiger partial charge in [-0.2, -0.15) is 0 Å². The highest BCUT2D eigenvalue weighted by Crippen LogP contribution is 2.28. The van der Waals surface area contributed by atoms with E-state index >= 15 is 0 Å². The second-order valence-electron chi connectivity index (χ2n) is 8.06. The van der Waals surface area contributed by atoms with Crippen molar-refractivity contribution in [3.05, 3.63) is 53.6 Å². The molecule has 0 radical (unpaired) electrons. The van der Waals surface area contributed by atoms with Crippen LogP contribution < -0.4 is 20.6 Å². The summed E-state index contributed by atoms with van der Waals surface area (Å²) in [5, 5.41) is 20.7. The van der Waals surface area contributed by atoms with Crippen molar-refractivity contribution in [2.24, 2.45) is 0 Å². The molecular weight excluding hydrogens is 451 g/mol. The van der Waals surface area contributed by atoms with Gasteiger partial charge in [-0.15, -0.1) is 0 Å². The van der Waals surface area contributed by atoms with E-state index < -0.39 is 36.9 Å². The van der Waals surface area contributed by atoms with Crippen molar-refractivity contribution < 1.29 is 37.9 Å². The molecule has 0 aliphatic carbocycles. The molecule has 2 fully saturated rings. The van der Waals surface area contributed by atoms with Crippen molar-refractivity contribution in [2.75, 3.05) is 49.2 Å². The molecule has 0 aromatic heterocycles. The highest BCUT2D eigenvalue weighted by molar-refractivity contribution is 6.58. The van der Waals surface area contributed by atoms with Crippen LogP contribution in [-0.2, 0) is 20.7 Å². The summed E-state index contributed by atoms with van der Waals surface area (Å²) in [7, 11) is -1.80. The number of carbonyl (C=O) groups excluding carboxylic acids is 2. The highest BCUT2D eigenvalue weighted by Gasteiger charge is 2.33. The first-order valence-corrected chi connectivity index (χ1v) is 10.8. The van der Waals surface area contributed by atoms with Gasteiger partial charge in [0.05, 0.1) is 44.1 Å². The third kappa shape index (κ3) is 5.46. The maximum absolute atomic E-state index is 14.7. The summed E-state index contributed by atoms with van der Waals surface area (Å²) < 4.78 is 39.3. The Morgan fingerprint density at radius 1 is 1.12 bits per heavy atom. The zero-order valence-electron chi connectivity index (χ0n) is 18.2. The highest BCUT2D eigenvalue weighted by atomic mass is 19.1. The van der Waals surface area contributed by atoms with E-state index in [1.165, 1.54) is 23.1 Å². The number of benzene rings is 2. The van der Waals surface area contributed by atoms with E-state index in [1.807, 2.05) is 4.90 Å². The topological polar surface area (TPSA) is 112 Å². The second-order valence-corrected chi connectivity index (χ2v) is 8.06. The standard InChI is InChI=1S/C22H24BF2N3O6/c24-18-10-15(23(31)32)2-1-14(18)9-21(29)26-12-17-13-28(22(30)34-17)16-3-4-20(19(25)11-16)27-5-7-33-8-6-27/h1-4,10-11,17,31-32H,5-9,12-13H2,(H,26,29)/t17-/m0/s1. The molecule has 2 amide bonds. The van der Waals surface area contributed by atoms with Crippen molar-refractivity contribution in [2.45, 2.75) is 12.5 Å². The summed E-state index contributed by atoms with van der Waals surface area (Å²) >= 11 is 0. The first kappa shape index (κ1) is 23.9. The van der Waals surface area contributed by atoms with Crippen molar-refractivity contribution in [3.63, 3.8) is 0 Å². The first-order chi connectivity index (χ1) is 16.3. The van der Waals surface area contributed by atoms with E-state index in [4.69, 9.17) is 19.5 Å². The smallest absolute Gasteiger partial charge is 0.442 e. The van der Waals surface area contributed by atoms with E-state index in [2.05, 4.69) is 5.32 Å². The molecule has 3 N–H and O–H groups in total. The molecule has 2 heterocycles. The normalized spacial score (nSPS) is 18.1. The minimum atomic E-state index is -1.80. The molecule has 2 aromatic carbocycles. The van der Waals surface area contributed by atoms with Crippen LogP contribution >= 0.6 is 0 Å². The number of ether oxygens (including phenoxy) is 2. The van der Waals surface area contributed by atoms with Gasteiger partial charge in [0.2, 0.25) is 5.91 Å². The van der Waals surface area contributed by atoms with Crippen LogP contribution in [-0.4, -0.2) is 74.7 Å². The van der Waals surface area contributed by atoms with Gasteiger partial charge in [0.25, 0.3) is 0 Å². The molecule has 2 aliphatic rings. The van der Waals surface area contributed by atoms with Gasteiger partial charge in [0.15, 0.2) is 0 Å². The summed E-state index contributed by atoms with van der Waals surface area (Å²) in [5.74, 6) is -1.68. The molecule has 180 valence electrons. The Morgan fingerprint density at radius 2 is 1.88 bits per heavy atom. The molecule has 1 atom stereocenters. The van der Waals surface area contributed by atoms with Gasteiger partial charge < -0.3 is 29.7 Å². The van der Waals surface area contributed by atoms with Crippen LogP contribution in [0.15, 0.2) is 36.4 Å². The summed E-state index contributed by atoms with van der Waals surface area (Å²) in [6, 6.07) is 8.11. The summed E-state index contributed by atoms with van der Waals surface area (Å²) in [6.07, 6.45) is -1.58.